The lowest BCUT2D eigenvalue weighted by Crippen LogP contribution is -2.40. The standard InChI is InChI=1S/C22H28N2O7S2/c1-5-16-14(3)32-21(19(16)22(26)31-6-2)23-20(25)17-13-15(7-8-18(17)29-4)33(27,28)24-9-11-30-12-10-24/h7-8,13H,5-6,9-12H2,1-4H3,(H,23,25). The van der Waals surface area contributed by atoms with Gasteiger partial charge >= 0.3 is 5.97 Å². The van der Waals surface area contributed by atoms with E-state index in [4.69, 9.17) is 14.2 Å². The maximum Gasteiger partial charge on any atom is 0.341 e. The fourth-order valence-electron chi connectivity index (χ4n) is 3.64. The molecular formula is C22H28N2O7S2. The van der Waals surface area contributed by atoms with Gasteiger partial charge in [-0.05, 0) is 44.0 Å². The van der Waals surface area contributed by atoms with Crippen molar-refractivity contribution in [3.8, 4) is 5.75 Å². The molecule has 1 amide bonds. The van der Waals surface area contributed by atoms with Gasteiger partial charge in [0.1, 0.15) is 10.8 Å². The van der Waals surface area contributed by atoms with Gasteiger partial charge in [0, 0.05) is 18.0 Å². The molecule has 0 unspecified atom stereocenters. The number of carbonyl (C=O) groups excluding carboxylic acids is 2. The quantitative estimate of drug-likeness (QED) is 0.559. The van der Waals surface area contributed by atoms with Crippen molar-refractivity contribution in [2.24, 2.45) is 0 Å². The van der Waals surface area contributed by atoms with Crippen LogP contribution in [-0.4, -0.2) is 64.6 Å². The Morgan fingerprint density at radius 1 is 1.21 bits per heavy atom. The van der Waals surface area contributed by atoms with Crippen LogP contribution in [0.4, 0.5) is 5.00 Å². The molecule has 9 nitrogen and oxygen atoms in total. The summed E-state index contributed by atoms with van der Waals surface area (Å²) in [7, 11) is -2.41. The third-order valence-electron chi connectivity index (χ3n) is 5.29. The maximum atomic E-state index is 13.2. The predicted molar refractivity (Wildman–Crippen MR) is 125 cm³/mol. The minimum absolute atomic E-state index is 0.0161. The lowest BCUT2D eigenvalue weighted by Gasteiger charge is -2.26. The molecule has 33 heavy (non-hydrogen) atoms. The summed E-state index contributed by atoms with van der Waals surface area (Å²) in [5, 5.41) is 3.12. The highest BCUT2D eigenvalue weighted by Crippen LogP contribution is 2.35. The Hall–Kier alpha value is -2.47. The fraction of sp³-hybridized carbons (Fsp3) is 0.455. The normalized spacial score (nSPS) is 14.7. The predicted octanol–water partition coefficient (Wildman–Crippen LogP) is 3.08. The van der Waals surface area contributed by atoms with E-state index in [-0.39, 0.29) is 35.9 Å². The number of morpholine rings is 1. The van der Waals surface area contributed by atoms with Crippen LogP contribution in [0, 0.1) is 6.92 Å². The van der Waals surface area contributed by atoms with E-state index in [2.05, 4.69) is 5.32 Å². The number of aryl methyl sites for hydroxylation is 1. The lowest BCUT2D eigenvalue weighted by atomic mass is 10.1. The number of thiophene rings is 1. The first-order valence-electron chi connectivity index (χ1n) is 10.6. The van der Waals surface area contributed by atoms with E-state index < -0.39 is 21.9 Å². The number of sulfonamides is 1. The number of hydrogen-bond donors (Lipinski definition) is 1. The Morgan fingerprint density at radius 3 is 2.52 bits per heavy atom. The molecule has 1 fully saturated rings. The van der Waals surface area contributed by atoms with Gasteiger partial charge in [-0.3, -0.25) is 4.79 Å². The Morgan fingerprint density at radius 2 is 1.91 bits per heavy atom. The number of nitrogens with one attached hydrogen (secondary N) is 1. The summed E-state index contributed by atoms with van der Waals surface area (Å²) in [6.07, 6.45) is 0.600. The molecule has 1 aromatic heterocycles. The summed E-state index contributed by atoms with van der Waals surface area (Å²) >= 11 is 1.27. The summed E-state index contributed by atoms with van der Waals surface area (Å²) in [6, 6.07) is 4.16. The van der Waals surface area contributed by atoms with Crippen LogP contribution in [0.25, 0.3) is 0 Å². The molecule has 0 radical (unpaired) electrons. The molecule has 0 bridgehead atoms. The third-order valence-corrected chi connectivity index (χ3v) is 8.25. The van der Waals surface area contributed by atoms with Gasteiger partial charge in [0.15, 0.2) is 0 Å². The fourth-order valence-corrected chi connectivity index (χ4v) is 6.21. The molecular weight excluding hydrogens is 468 g/mol. The second kappa shape index (κ2) is 10.6. The Balaban J connectivity index is 1.98. The van der Waals surface area contributed by atoms with Gasteiger partial charge in [-0.1, -0.05) is 6.92 Å². The van der Waals surface area contributed by atoms with Crippen LogP contribution in [0.3, 0.4) is 0 Å². The molecule has 11 heteroatoms. The van der Waals surface area contributed by atoms with Crippen molar-refractivity contribution >= 4 is 38.2 Å². The number of carbonyl (C=O) groups is 2. The summed E-state index contributed by atoms with van der Waals surface area (Å²) in [6.45, 7) is 6.84. The topological polar surface area (TPSA) is 111 Å². The second-order valence-corrected chi connectivity index (χ2v) is 10.4. The molecule has 0 atom stereocenters. The van der Waals surface area contributed by atoms with Crippen molar-refractivity contribution in [3.05, 3.63) is 39.8 Å². The number of methoxy groups -OCH3 is 1. The van der Waals surface area contributed by atoms with E-state index in [1.54, 1.807) is 6.92 Å². The molecule has 1 aliphatic rings. The molecule has 2 aromatic rings. The van der Waals surface area contributed by atoms with Crippen molar-refractivity contribution in [1.29, 1.82) is 0 Å². The van der Waals surface area contributed by atoms with E-state index in [1.165, 1.54) is 41.0 Å². The zero-order valence-electron chi connectivity index (χ0n) is 19.1. The average Bonchev–Trinajstić information content (AvgIpc) is 3.13. The highest BCUT2D eigenvalue weighted by Gasteiger charge is 2.29. The molecule has 1 N–H and O–H groups in total. The van der Waals surface area contributed by atoms with Crippen molar-refractivity contribution in [2.75, 3.05) is 45.3 Å². The molecule has 1 aromatic carbocycles. The van der Waals surface area contributed by atoms with Crippen molar-refractivity contribution < 1.29 is 32.2 Å². The highest BCUT2D eigenvalue weighted by molar-refractivity contribution is 7.89. The van der Waals surface area contributed by atoms with Gasteiger partial charge in [-0.15, -0.1) is 11.3 Å². The maximum absolute atomic E-state index is 13.2. The molecule has 1 saturated heterocycles. The highest BCUT2D eigenvalue weighted by atomic mass is 32.2. The number of rotatable bonds is 8. The summed E-state index contributed by atoms with van der Waals surface area (Å²) in [5.74, 6) is -0.875. The van der Waals surface area contributed by atoms with E-state index >= 15 is 0 Å². The number of amides is 1. The lowest BCUT2D eigenvalue weighted by molar-refractivity contribution is 0.0527. The van der Waals surface area contributed by atoms with Crippen LogP contribution in [0.5, 0.6) is 5.75 Å². The molecule has 180 valence electrons. The van der Waals surface area contributed by atoms with Gasteiger partial charge in [-0.25, -0.2) is 13.2 Å². The number of anilines is 1. The zero-order valence-corrected chi connectivity index (χ0v) is 20.7. The first-order chi connectivity index (χ1) is 15.7. The number of hydrogen-bond acceptors (Lipinski definition) is 8. The van der Waals surface area contributed by atoms with Gasteiger partial charge < -0.3 is 19.5 Å². The Kier molecular flexibility index (Phi) is 8.11. The Bertz CT molecular complexity index is 1140. The van der Waals surface area contributed by atoms with E-state index in [9.17, 15) is 18.0 Å². The van der Waals surface area contributed by atoms with Crippen LogP contribution < -0.4 is 10.1 Å². The van der Waals surface area contributed by atoms with Crippen LogP contribution in [0.15, 0.2) is 23.1 Å². The molecule has 2 heterocycles. The van der Waals surface area contributed by atoms with E-state index in [1.807, 2.05) is 13.8 Å². The first kappa shape index (κ1) is 25.2. The third kappa shape index (κ3) is 5.21. The molecule has 0 aliphatic carbocycles. The summed E-state index contributed by atoms with van der Waals surface area (Å²) in [4.78, 5) is 26.7. The summed E-state index contributed by atoms with van der Waals surface area (Å²) in [5.41, 5.74) is 1.18. The minimum atomic E-state index is -3.81. The first-order valence-corrected chi connectivity index (χ1v) is 12.9. The van der Waals surface area contributed by atoms with Gasteiger partial charge in [0.25, 0.3) is 5.91 Å². The van der Waals surface area contributed by atoms with Crippen molar-refractivity contribution in [1.82, 2.24) is 4.31 Å². The van der Waals surface area contributed by atoms with Crippen molar-refractivity contribution in [2.45, 2.75) is 32.1 Å². The van der Waals surface area contributed by atoms with Crippen molar-refractivity contribution in [3.63, 3.8) is 0 Å². The van der Waals surface area contributed by atoms with Crippen LogP contribution in [-0.2, 0) is 25.9 Å². The average molecular weight is 497 g/mol. The van der Waals surface area contributed by atoms with Crippen LogP contribution in [0.1, 0.15) is 45.0 Å². The smallest absolute Gasteiger partial charge is 0.341 e. The largest absolute Gasteiger partial charge is 0.496 e. The Labute approximate surface area is 197 Å². The van der Waals surface area contributed by atoms with Gasteiger partial charge in [-0.2, -0.15) is 4.31 Å². The van der Waals surface area contributed by atoms with E-state index in [0.717, 1.165) is 10.4 Å². The zero-order chi connectivity index (χ0) is 24.2. The number of nitrogens with zero attached hydrogens (tertiary/aromatic N) is 1. The van der Waals surface area contributed by atoms with Gasteiger partial charge in [0.2, 0.25) is 10.0 Å². The molecule has 0 spiro atoms. The number of benzene rings is 1. The second-order valence-electron chi connectivity index (χ2n) is 7.25. The molecule has 0 saturated carbocycles. The molecule has 3 rings (SSSR count). The monoisotopic (exact) mass is 496 g/mol. The number of ether oxygens (including phenoxy) is 3. The van der Waals surface area contributed by atoms with Crippen LogP contribution in [0.2, 0.25) is 0 Å². The van der Waals surface area contributed by atoms with Gasteiger partial charge in [0.05, 0.1) is 43.0 Å². The summed E-state index contributed by atoms with van der Waals surface area (Å²) < 4.78 is 43.2. The SMILES string of the molecule is CCOC(=O)c1c(NC(=O)c2cc(S(=O)(=O)N3CCOCC3)ccc2OC)sc(C)c1CC. The van der Waals surface area contributed by atoms with Crippen LogP contribution >= 0.6 is 11.3 Å². The number of esters is 1. The molecule has 1 aliphatic heterocycles. The minimum Gasteiger partial charge on any atom is -0.496 e. The van der Waals surface area contributed by atoms with E-state index in [0.29, 0.717) is 30.2 Å².